The van der Waals surface area contributed by atoms with Gasteiger partial charge in [-0.2, -0.15) is 0 Å². The highest BCUT2D eigenvalue weighted by Crippen LogP contribution is 2.35. The maximum Gasteiger partial charge on any atom is 0.469 e. The molecule has 0 aliphatic heterocycles. The molecular weight excluding hydrogens is 447 g/mol. The molecule has 0 radical (unpaired) electrons. The minimum absolute atomic E-state index is 0.216. The van der Waals surface area contributed by atoms with Crippen molar-refractivity contribution in [1.82, 2.24) is 0 Å². The van der Waals surface area contributed by atoms with Gasteiger partial charge in [0.25, 0.3) is 0 Å². The van der Waals surface area contributed by atoms with Crippen molar-refractivity contribution in [2.45, 2.75) is 129 Å². The topological polar surface area (TPSA) is 119 Å². The van der Waals surface area contributed by atoms with Crippen LogP contribution >= 0.6 is 7.82 Å². The average molecular weight is 495 g/mol. The smallest absolute Gasteiger partial charge is 0.462 e. The molecule has 8 nitrogen and oxygen atoms in total. The van der Waals surface area contributed by atoms with Crippen molar-refractivity contribution < 1.29 is 37.9 Å². The highest BCUT2D eigenvalue weighted by molar-refractivity contribution is 7.46. The molecule has 0 aliphatic carbocycles. The molecule has 0 fully saturated rings. The molecule has 33 heavy (non-hydrogen) atoms. The van der Waals surface area contributed by atoms with Crippen LogP contribution in [0.2, 0.25) is 0 Å². The second-order valence-corrected chi connectivity index (χ2v) is 9.92. The number of carbonyl (C=O) groups excluding carboxylic acids is 2. The van der Waals surface area contributed by atoms with E-state index in [1.807, 2.05) is 0 Å². The van der Waals surface area contributed by atoms with Crippen LogP contribution in [-0.4, -0.2) is 41.0 Å². The van der Waals surface area contributed by atoms with Gasteiger partial charge >= 0.3 is 19.8 Å². The SMILES string of the molecule is CCCCCCCCCCC(=O)OC(COC(=O)CCCCCCCCC)COP(=O)(O)O. The van der Waals surface area contributed by atoms with Crippen LogP contribution in [-0.2, 0) is 28.2 Å². The molecule has 0 heterocycles. The van der Waals surface area contributed by atoms with Crippen molar-refractivity contribution in [2.75, 3.05) is 13.2 Å². The van der Waals surface area contributed by atoms with Crippen LogP contribution in [0.4, 0.5) is 0 Å². The van der Waals surface area contributed by atoms with Gasteiger partial charge in [0.1, 0.15) is 6.61 Å². The zero-order valence-corrected chi connectivity index (χ0v) is 21.7. The van der Waals surface area contributed by atoms with Crippen molar-refractivity contribution >= 4 is 19.8 Å². The molecule has 0 aromatic rings. The Balaban J connectivity index is 4.15. The molecule has 1 atom stereocenters. The van der Waals surface area contributed by atoms with E-state index in [1.54, 1.807) is 0 Å². The third-order valence-corrected chi connectivity index (χ3v) is 5.86. The Hall–Kier alpha value is -0.950. The van der Waals surface area contributed by atoms with Gasteiger partial charge in [-0.05, 0) is 12.8 Å². The maximum atomic E-state index is 12.1. The van der Waals surface area contributed by atoms with Crippen molar-refractivity contribution in [1.29, 1.82) is 0 Å². The molecule has 0 spiro atoms. The molecular formula is C24H47O8P. The Morgan fingerprint density at radius 1 is 0.667 bits per heavy atom. The van der Waals surface area contributed by atoms with Crippen LogP contribution in [0.5, 0.6) is 0 Å². The van der Waals surface area contributed by atoms with E-state index in [0.717, 1.165) is 38.5 Å². The van der Waals surface area contributed by atoms with Crippen LogP contribution in [0.1, 0.15) is 123 Å². The van der Waals surface area contributed by atoms with Crippen LogP contribution in [0.25, 0.3) is 0 Å². The normalized spacial score (nSPS) is 12.5. The van der Waals surface area contributed by atoms with Gasteiger partial charge in [-0.3, -0.25) is 14.1 Å². The first kappa shape index (κ1) is 32.0. The molecule has 0 aromatic carbocycles. The lowest BCUT2D eigenvalue weighted by Gasteiger charge is -2.18. The first-order valence-electron chi connectivity index (χ1n) is 12.8. The van der Waals surface area contributed by atoms with Crippen molar-refractivity contribution in [3.63, 3.8) is 0 Å². The summed E-state index contributed by atoms with van der Waals surface area (Å²) in [6, 6.07) is 0. The largest absolute Gasteiger partial charge is 0.469 e. The summed E-state index contributed by atoms with van der Waals surface area (Å²) in [6.45, 7) is 3.54. The fraction of sp³-hybridized carbons (Fsp3) is 0.917. The predicted octanol–water partition coefficient (Wildman–Crippen LogP) is 6.22. The van der Waals surface area contributed by atoms with Crippen LogP contribution in [0.3, 0.4) is 0 Å². The highest BCUT2D eigenvalue weighted by Gasteiger charge is 2.22. The number of hydrogen-bond acceptors (Lipinski definition) is 6. The number of ether oxygens (including phenoxy) is 2. The summed E-state index contributed by atoms with van der Waals surface area (Å²) in [5, 5.41) is 0. The zero-order chi connectivity index (χ0) is 24.8. The number of carbonyl (C=O) groups is 2. The average Bonchev–Trinajstić information content (AvgIpc) is 2.76. The summed E-state index contributed by atoms with van der Waals surface area (Å²) in [6.07, 6.45) is 15.8. The minimum atomic E-state index is -4.72. The van der Waals surface area contributed by atoms with Crippen molar-refractivity contribution in [3.8, 4) is 0 Å². The molecule has 0 saturated heterocycles. The first-order chi connectivity index (χ1) is 15.8. The fourth-order valence-corrected chi connectivity index (χ4v) is 3.79. The monoisotopic (exact) mass is 494 g/mol. The second-order valence-electron chi connectivity index (χ2n) is 8.68. The van der Waals surface area contributed by atoms with Gasteiger partial charge in [-0.25, -0.2) is 4.57 Å². The minimum Gasteiger partial charge on any atom is -0.462 e. The van der Waals surface area contributed by atoms with E-state index in [4.69, 9.17) is 19.3 Å². The molecule has 0 aliphatic rings. The summed E-state index contributed by atoms with van der Waals surface area (Å²) >= 11 is 0. The molecule has 0 bridgehead atoms. The number of esters is 2. The van der Waals surface area contributed by atoms with Gasteiger partial charge in [0.2, 0.25) is 0 Å². The zero-order valence-electron chi connectivity index (χ0n) is 20.8. The Morgan fingerprint density at radius 2 is 1.09 bits per heavy atom. The Labute approximate surface area is 200 Å². The predicted molar refractivity (Wildman–Crippen MR) is 129 cm³/mol. The first-order valence-corrected chi connectivity index (χ1v) is 14.4. The number of hydrogen-bond donors (Lipinski definition) is 2. The Bertz CT molecular complexity index is 535. The van der Waals surface area contributed by atoms with Gasteiger partial charge in [0, 0.05) is 12.8 Å². The molecule has 2 N–H and O–H groups in total. The fourth-order valence-electron chi connectivity index (χ4n) is 3.43. The van der Waals surface area contributed by atoms with E-state index in [1.165, 1.54) is 51.4 Å². The second kappa shape index (κ2) is 21.6. The standard InChI is InChI=1S/C24H47O8P/c1-3-5-7-9-11-13-15-17-19-24(26)32-22(21-31-33(27,28)29)20-30-23(25)18-16-14-12-10-8-6-4-2/h22H,3-21H2,1-2H3,(H2,27,28,29). The molecule has 196 valence electrons. The summed E-state index contributed by atoms with van der Waals surface area (Å²) in [5.74, 6) is -0.896. The molecule has 0 rings (SSSR count). The van der Waals surface area contributed by atoms with Gasteiger partial charge < -0.3 is 19.3 Å². The lowest BCUT2D eigenvalue weighted by Crippen LogP contribution is -2.29. The highest BCUT2D eigenvalue weighted by atomic mass is 31.2. The summed E-state index contributed by atoms with van der Waals surface area (Å²) in [4.78, 5) is 41.9. The third kappa shape index (κ3) is 24.0. The van der Waals surface area contributed by atoms with Crippen LogP contribution in [0, 0.1) is 0 Å². The maximum absolute atomic E-state index is 12.1. The Morgan fingerprint density at radius 3 is 1.55 bits per heavy atom. The van der Waals surface area contributed by atoms with E-state index < -0.39 is 32.5 Å². The summed E-state index contributed by atoms with van der Waals surface area (Å²) < 4.78 is 25.9. The number of unbranched alkanes of at least 4 members (excludes halogenated alkanes) is 13. The quantitative estimate of drug-likeness (QED) is 0.0975. The van der Waals surface area contributed by atoms with E-state index in [9.17, 15) is 14.2 Å². The van der Waals surface area contributed by atoms with E-state index in [0.29, 0.717) is 6.42 Å². The van der Waals surface area contributed by atoms with E-state index in [-0.39, 0.29) is 19.4 Å². The van der Waals surface area contributed by atoms with Gasteiger partial charge in [0.15, 0.2) is 6.10 Å². The molecule has 0 amide bonds. The molecule has 9 heteroatoms. The lowest BCUT2D eigenvalue weighted by molar-refractivity contribution is -0.161. The summed E-state index contributed by atoms with van der Waals surface area (Å²) in [7, 11) is -4.72. The van der Waals surface area contributed by atoms with Gasteiger partial charge in [-0.15, -0.1) is 0 Å². The third-order valence-electron chi connectivity index (χ3n) is 5.38. The lowest BCUT2D eigenvalue weighted by atomic mass is 10.1. The van der Waals surface area contributed by atoms with Crippen molar-refractivity contribution in [3.05, 3.63) is 0 Å². The number of phosphoric acid groups is 1. The van der Waals surface area contributed by atoms with Crippen LogP contribution < -0.4 is 0 Å². The van der Waals surface area contributed by atoms with Crippen molar-refractivity contribution in [2.24, 2.45) is 0 Å². The number of phosphoric ester groups is 1. The van der Waals surface area contributed by atoms with E-state index >= 15 is 0 Å². The molecule has 0 aromatic heterocycles. The van der Waals surface area contributed by atoms with Crippen LogP contribution in [0.15, 0.2) is 0 Å². The van der Waals surface area contributed by atoms with Gasteiger partial charge in [-0.1, -0.05) is 97.3 Å². The van der Waals surface area contributed by atoms with E-state index in [2.05, 4.69) is 18.4 Å². The molecule has 0 saturated carbocycles. The Kier molecular flexibility index (Phi) is 21.0. The molecule has 1 unspecified atom stereocenters. The summed E-state index contributed by atoms with van der Waals surface area (Å²) in [5.41, 5.74) is 0. The van der Waals surface area contributed by atoms with Gasteiger partial charge in [0.05, 0.1) is 6.61 Å². The number of rotatable bonds is 23.